The van der Waals surface area contributed by atoms with E-state index in [4.69, 9.17) is 10.2 Å². The Morgan fingerprint density at radius 2 is 1.94 bits per heavy atom. The van der Waals surface area contributed by atoms with Gasteiger partial charge in [-0.3, -0.25) is 9.59 Å². The van der Waals surface area contributed by atoms with Gasteiger partial charge in [-0.2, -0.15) is 10.4 Å². The highest BCUT2D eigenvalue weighted by Gasteiger charge is 2.19. The van der Waals surface area contributed by atoms with E-state index >= 15 is 0 Å². The maximum absolute atomic E-state index is 13.3. The summed E-state index contributed by atoms with van der Waals surface area (Å²) in [5, 5.41) is 17.0. The Bertz CT molecular complexity index is 1460. The number of hydrogen-bond donors (Lipinski definition) is 2. The van der Waals surface area contributed by atoms with E-state index in [1.165, 1.54) is 0 Å². The van der Waals surface area contributed by atoms with Gasteiger partial charge in [0.2, 0.25) is 0 Å². The van der Waals surface area contributed by atoms with Crippen LogP contribution in [0.25, 0.3) is 22.3 Å². The molecule has 8 nitrogen and oxygen atoms in total. The summed E-state index contributed by atoms with van der Waals surface area (Å²) in [5.41, 5.74) is 4.86. The molecule has 0 bridgehead atoms. The molecule has 3 aromatic heterocycles. The van der Waals surface area contributed by atoms with Crippen LogP contribution in [0.2, 0.25) is 0 Å². The number of H-pyrrole nitrogens is 1. The van der Waals surface area contributed by atoms with E-state index in [1.54, 1.807) is 41.2 Å². The van der Waals surface area contributed by atoms with Crippen molar-refractivity contribution in [1.82, 2.24) is 25.1 Å². The number of nitrogens with zero attached hydrogens (tertiary/aromatic N) is 4. The highest BCUT2D eigenvalue weighted by Crippen LogP contribution is 2.26. The molecule has 0 saturated carbocycles. The topological polar surface area (TPSA) is 116 Å². The first-order chi connectivity index (χ1) is 15.8. The van der Waals surface area contributed by atoms with E-state index < -0.39 is 0 Å². The molecule has 0 radical (unpaired) electrons. The quantitative estimate of drug-likeness (QED) is 0.490. The summed E-state index contributed by atoms with van der Waals surface area (Å²) in [6.45, 7) is 7.77. The number of aryl methyl sites for hydroxylation is 2. The van der Waals surface area contributed by atoms with E-state index in [9.17, 15) is 9.59 Å². The third-order valence-corrected chi connectivity index (χ3v) is 5.53. The lowest BCUT2D eigenvalue weighted by Gasteiger charge is -2.12. The SMILES string of the molecule is Cc1cc(C)c(CNC(=O)c2cc(-c3ccc(C#N)cc3)nc3c2cnn3C(C)C)c(=O)[nH]1. The molecule has 33 heavy (non-hydrogen) atoms. The van der Waals surface area contributed by atoms with Crippen molar-refractivity contribution < 1.29 is 4.79 Å². The maximum atomic E-state index is 13.3. The Hall–Kier alpha value is -4.25. The van der Waals surface area contributed by atoms with Crippen molar-refractivity contribution in [2.75, 3.05) is 0 Å². The molecule has 0 unspecified atom stereocenters. The van der Waals surface area contributed by atoms with Gasteiger partial charge in [0, 0.05) is 29.4 Å². The summed E-state index contributed by atoms with van der Waals surface area (Å²) in [6.07, 6.45) is 1.64. The summed E-state index contributed by atoms with van der Waals surface area (Å²) in [5.74, 6) is -0.319. The zero-order valence-corrected chi connectivity index (χ0v) is 18.9. The second-order valence-electron chi connectivity index (χ2n) is 8.29. The van der Waals surface area contributed by atoms with Crippen LogP contribution in [0.15, 0.2) is 47.4 Å². The summed E-state index contributed by atoms with van der Waals surface area (Å²) in [6, 6.07) is 12.8. The van der Waals surface area contributed by atoms with Gasteiger partial charge in [0.1, 0.15) is 0 Å². The predicted octanol–water partition coefficient (Wildman–Crippen LogP) is 3.79. The van der Waals surface area contributed by atoms with Gasteiger partial charge in [-0.15, -0.1) is 0 Å². The number of benzene rings is 1. The van der Waals surface area contributed by atoms with E-state index in [0.29, 0.717) is 33.4 Å². The molecular formula is C25H24N6O2. The number of pyridine rings is 2. The number of fused-ring (bicyclic) bond motifs is 1. The Labute approximate surface area is 190 Å². The molecule has 0 fully saturated rings. The van der Waals surface area contributed by atoms with Gasteiger partial charge in [0.15, 0.2) is 5.65 Å². The zero-order chi connectivity index (χ0) is 23.7. The van der Waals surface area contributed by atoms with Gasteiger partial charge in [0.05, 0.1) is 34.5 Å². The molecular weight excluding hydrogens is 416 g/mol. The Balaban J connectivity index is 1.76. The van der Waals surface area contributed by atoms with Crippen LogP contribution in [0.5, 0.6) is 0 Å². The normalized spacial score (nSPS) is 11.0. The molecule has 1 amide bonds. The van der Waals surface area contributed by atoms with Crippen molar-refractivity contribution in [3.8, 4) is 17.3 Å². The fourth-order valence-corrected chi connectivity index (χ4v) is 3.81. The van der Waals surface area contributed by atoms with Crippen LogP contribution in [0.3, 0.4) is 0 Å². The lowest BCUT2D eigenvalue weighted by atomic mass is 10.0. The van der Waals surface area contributed by atoms with Gasteiger partial charge >= 0.3 is 0 Å². The molecule has 0 saturated heterocycles. The van der Waals surface area contributed by atoms with Crippen LogP contribution >= 0.6 is 0 Å². The minimum Gasteiger partial charge on any atom is -0.348 e. The minimum atomic E-state index is -0.319. The number of nitriles is 1. The molecule has 0 atom stereocenters. The molecule has 0 aliphatic carbocycles. The summed E-state index contributed by atoms with van der Waals surface area (Å²) in [7, 11) is 0. The van der Waals surface area contributed by atoms with Crippen molar-refractivity contribution in [3.05, 3.63) is 80.9 Å². The van der Waals surface area contributed by atoms with Gasteiger partial charge in [-0.25, -0.2) is 9.67 Å². The third-order valence-electron chi connectivity index (χ3n) is 5.53. The number of nitrogens with one attached hydrogen (secondary N) is 2. The average molecular weight is 441 g/mol. The van der Waals surface area contributed by atoms with E-state index in [2.05, 4.69) is 21.5 Å². The predicted molar refractivity (Wildman–Crippen MR) is 126 cm³/mol. The summed E-state index contributed by atoms with van der Waals surface area (Å²) in [4.78, 5) is 33.1. The fourth-order valence-electron chi connectivity index (χ4n) is 3.81. The van der Waals surface area contributed by atoms with Crippen LogP contribution in [0, 0.1) is 25.2 Å². The van der Waals surface area contributed by atoms with Crippen LogP contribution < -0.4 is 10.9 Å². The van der Waals surface area contributed by atoms with E-state index in [0.717, 1.165) is 16.8 Å². The number of rotatable bonds is 5. The van der Waals surface area contributed by atoms with Crippen LogP contribution in [0.4, 0.5) is 0 Å². The molecule has 0 spiro atoms. The van der Waals surface area contributed by atoms with E-state index in [-0.39, 0.29) is 24.1 Å². The smallest absolute Gasteiger partial charge is 0.253 e. The molecule has 1 aromatic carbocycles. The van der Waals surface area contributed by atoms with Crippen molar-refractivity contribution in [2.24, 2.45) is 0 Å². The lowest BCUT2D eigenvalue weighted by Crippen LogP contribution is -2.28. The summed E-state index contributed by atoms with van der Waals surface area (Å²) < 4.78 is 1.77. The van der Waals surface area contributed by atoms with Crippen LogP contribution in [-0.4, -0.2) is 25.7 Å². The van der Waals surface area contributed by atoms with Crippen LogP contribution in [-0.2, 0) is 6.54 Å². The molecule has 166 valence electrons. The lowest BCUT2D eigenvalue weighted by molar-refractivity contribution is 0.0952. The van der Waals surface area contributed by atoms with Crippen molar-refractivity contribution in [2.45, 2.75) is 40.3 Å². The molecule has 0 aliphatic rings. The number of amides is 1. The van der Waals surface area contributed by atoms with Crippen molar-refractivity contribution in [1.29, 1.82) is 5.26 Å². The van der Waals surface area contributed by atoms with Crippen molar-refractivity contribution in [3.63, 3.8) is 0 Å². The Morgan fingerprint density at radius 1 is 1.21 bits per heavy atom. The van der Waals surface area contributed by atoms with Gasteiger partial charge in [-0.1, -0.05) is 12.1 Å². The molecule has 0 aliphatic heterocycles. The first-order valence-electron chi connectivity index (χ1n) is 10.6. The molecule has 4 aromatic rings. The second-order valence-corrected chi connectivity index (χ2v) is 8.29. The van der Waals surface area contributed by atoms with Crippen molar-refractivity contribution >= 4 is 16.9 Å². The maximum Gasteiger partial charge on any atom is 0.253 e. The number of aromatic nitrogens is 4. The highest BCUT2D eigenvalue weighted by molar-refractivity contribution is 6.06. The van der Waals surface area contributed by atoms with Gasteiger partial charge in [-0.05, 0) is 57.5 Å². The van der Waals surface area contributed by atoms with Gasteiger partial charge < -0.3 is 10.3 Å². The Morgan fingerprint density at radius 3 is 2.58 bits per heavy atom. The largest absolute Gasteiger partial charge is 0.348 e. The molecule has 2 N–H and O–H groups in total. The third kappa shape index (κ3) is 4.26. The monoisotopic (exact) mass is 440 g/mol. The van der Waals surface area contributed by atoms with Crippen LogP contribution in [0.1, 0.15) is 52.6 Å². The highest BCUT2D eigenvalue weighted by atomic mass is 16.1. The minimum absolute atomic E-state index is 0.0518. The number of carbonyl (C=O) groups excluding carboxylic acids is 1. The Kier molecular flexibility index (Phi) is 5.80. The first-order valence-corrected chi connectivity index (χ1v) is 10.6. The number of carbonyl (C=O) groups is 1. The molecule has 8 heteroatoms. The first kappa shape index (κ1) is 22.0. The summed E-state index contributed by atoms with van der Waals surface area (Å²) >= 11 is 0. The number of hydrogen-bond acceptors (Lipinski definition) is 5. The fraction of sp³-hybridized carbons (Fsp3) is 0.240. The number of aromatic amines is 1. The second kappa shape index (κ2) is 8.71. The average Bonchev–Trinajstić information content (AvgIpc) is 3.22. The molecule has 4 rings (SSSR count). The standard InChI is InChI=1S/C25H24N6O2/c1-14(2)31-23-21(13-28-31)19(10-22(30-23)18-7-5-17(11-26)6-8-18)24(32)27-12-20-15(3)9-16(4)29-25(20)33/h5-10,13-14H,12H2,1-4H3,(H,27,32)(H,29,33). The zero-order valence-electron chi connectivity index (χ0n) is 18.9. The van der Waals surface area contributed by atoms with Gasteiger partial charge in [0.25, 0.3) is 11.5 Å². The van der Waals surface area contributed by atoms with E-state index in [1.807, 2.05) is 33.8 Å². The molecule has 3 heterocycles.